The van der Waals surface area contributed by atoms with Gasteiger partial charge in [-0.2, -0.15) is 0 Å². The molecule has 0 heterocycles. The second kappa shape index (κ2) is 8.23. The lowest BCUT2D eigenvalue weighted by Crippen LogP contribution is -2.20. The minimum atomic E-state index is 0.567. The minimum absolute atomic E-state index is 0.567. The second-order valence-electron chi connectivity index (χ2n) is 7.35. The van der Waals surface area contributed by atoms with Crippen LogP contribution in [0.4, 0.5) is 11.4 Å². The van der Waals surface area contributed by atoms with Gasteiger partial charge in [-0.3, -0.25) is 0 Å². The predicted octanol–water partition coefficient (Wildman–Crippen LogP) is 5.51. The molecule has 1 atom stereocenters. The van der Waals surface area contributed by atoms with Crippen molar-refractivity contribution in [1.82, 2.24) is 0 Å². The summed E-state index contributed by atoms with van der Waals surface area (Å²) in [5.41, 5.74) is 5.40. The summed E-state index contributed by atoms with van der Waals surface area (Å²) in [6.45, 7) is 7.89. The predicted molar refractivity (Wildman–Crippen MR) is 108 cm³/mol. The molecular formula is C22H32N2. The fourth-order valence-corrected chi connectivity index (χ4v) is 2.91. The molecule has 0 fully saturated rings. The normalized spacial score (nSPS) is 12.3. The topological polar surface area (TPSA) is 6.48 Å². The van der Waals surface area contributed by atoms with Gasteiger partial charge in [0.05, 0.1) is 0 Å². The Morgan fingerprint density at radius 3 is 2.04 bits per heavy atom. The Bertz CT molecular complexity index is 629. The van der Waals surface area contributed by atoms with Gasteiger partial charge in [0.2, 0.25) is 0 Å². The summed E-state index contributed by atoms with van der Waals surface area (Å²) in [4.78, 5) is 4.51. The molecule has 0 aliphatic rings. The number of hydrogen-bond donors (Lipinski definition) is 0. The molecular weight excluding hydrogens is 292 g/mol. The smallest absolute Gasteiger partial charge is 0.0366 e. The Morgan fingerprint density at radius 1 is 0.792 bits per heavy atom. The van der Waals surface area contributed by atoms with E-state index in [1.807, 2.05) is 0 Å². The molecule has 0 aliphatic carbocycles. The largest absolute Gasteiger partial charge is 0.378 e. The van der Waals surface area contributed by atoms with Crippen LogP contribution in [0.5, 0.6) is 0 Å². The van der Waals surface area contributed by atoms with E-state index in [2.05, 4.69) is 100 Å². The summed E-state index contributed by atoms with van der Waals surface area (Å²) in [6.07, 6.45) is 1.16. The lowest BCUT2D eigenvalue weighted by molar-refractivity contribution is 0.670. The van der Waals surface area contributed by atoms with Crippen molar-refractivity contribution < 1.29 is 0 Å². The molecule has 2 heteroatoms. The van der Waals surface area contributed by atoms with Crippen molar-refractivity contribution in [3.05, 3.63) is 59.7 Å². The fraction of sp³-hybridized carbons (Fsp3) is 0.455. The van der Waals surface area contributed by atoms with Crippen molar-refractivity contribution in [2.45, 2.75) is 39.0 Å². The summed E-state index contributed by atoms with van der Waals surface area (Å²) >= 11 is 0. The van der Waals surface area contributed by atoms with Gasteiger partial charge in [0.1, 0.15) is 0 Å². The van der Waals surface area contributed by atoms with Gasteiger partial charge in [0, 0.05) is 39.1 Å². The Kier molecular flexibility index (Phi) is 6.30. The third-order valence-corrected chi connectivity index (χ3v) is 4.85. The van der Waals surface area contributed by atoms with Gasteiger partial charge >= 0.3 is 0 Å². The van der Waals surface area contributed by atoms with Crippen LogP contribution in [0.25, 0.3) is 0 Å². The molecule has 0 saturated carbocycles. The molecule has 0 aliphatic heterocycles. The lowest BCUT2D eigenvalue weighted by atomic mass is 9.97. The highest BCUT2D eigenvalue weighted by Gasteiger charge is 2.09. The van der Waals surface area contributed by atoms with Crippen LogP contribution in [0, 0.1) is 0 Å². The zero-order chi connectivity index (χ0) is 17.7. The Morgan fingerprint density at radius 2 is 1.46 bits per heavy atom. The average molecular weight is 325 g/mol. The first-order chi connectivity index (χ1) is 11.4. The number of hydrogen-bond acceptors (Lipinski definition) is 2. The first kappa shape index (κ1) is 18.4. The van der Waals surface area contributed by atoms with Gasteiger partial charge in [-0.15, -0.1) is 0 Å². The summed E-state index contributed by atoms with van der Waals surface area (Å²) in [5, 5.41) is 0. The van der Waals surface area contributed by atoms with Crippen molar-refractivity contribution in [3.8, 4) is 0 Å². The molecule has 0 amide bonds. The maximum atomic E-state index is 2.37. The summed E-state index contributed by atoms with van der Waals surface area (Å²) in [6, 6.07) is 17.9. The fourth-order valence-electron chi connectivity index (χ4n) is 2.91. The highest BCUT2D eigenvalue weighted by molar-refractivity contribution is 5.49. The van der Waals surface area contributed by atoms with E-state index in [4.69, 9.17) is 0 Å². The molecule has 2 aromatic carbocycles. The van der Waals surface area contributed by atoms with E-state index in [1.165, 1.54) is 22.5 Å². The monoisotopic (exact) mass is 324 g/mol. The van der Waals surface area contributed by atoms with Crippen LogP contribution in [-0.4, -0.2) is 27.7 Å². The van der Waals surface area contributed by atoms with Crippen LogP contribution in [0.15, 0.2) is 48.5 Å². The van der Waals surface area contributed by atoms with E-state index in [-0.39, 0.29) is 0 Å². The molecule has 24 heavy (non-hydrogen) atoms. The molecule has 0 bridgehead atoms. The third-order valence-electron chi connectivity index (χ3n) is 4.85. The van der Waals surface area contributed by atoms with Crippen molar-refractivity contribution in [2.75, 3.05) is 37.5 Å². The minimum Gasteiger partial charge on any atom is -0.378 e. The molecule has 0 aromatic heterocycles. The first-order valence-electron chi connectivity index (χ1n) is 8.97. The molecule has 2 nitrogen and oxygen atoms in total. The molecule has 0 N–H and O–H groups in total. The van der Waals surface area contributed by atoms with E-state index in [1.54, 1.807) is 0 Å². The second-order valence-corrected chi connectivity index (χ2v) is 7.35. The summed E-state index contributed by atoms with van der Waals surface area (Å²) < 4.78 is 0. The summed E-state index contributed by atoms with van der Waals surface area (Å²) in [5.74, 6) is 1.14. The number of benzene rings is 2. The van der Waals surface area contributed by atoms with E-state index in [0.717, 1.165) is 13.0 Å². The molecule has 2 rings (SSSR count). The maximum Gasteiger partial charge on any atom is 0.0366 e. The van der Waals surface area contributed by atoms with Crippen LogP contribution in [-0.2, 0) is 0 Å². The zero-order valence-corrected chi connectivity index (χ0v) is 16.1. The van der Waals surface area contributed by atoms with Crippen LogP contribution < -0.4 is 9.80 Å². The molecule has 130 valence electrons. The van der Waals surface area contributed by atoms with Crippen LogP contribution in [0.1, 0.15) is 50.2 Å². The molecule has 2 aromatic rings. The first-order valence-corrected chi connectivity index (χ1v) is 8.97. The van der Waals surface area contributed by atoms with Gasteiger partial charge in [0.15, 0.2) is 0 Å². The van der Waals surface area contributed by atoms with E-state index in [0.29, 0.717) is 11.8 Å². The van der Waals surface area contributed by atoms with Gasteiger partial charge in [-0.25, -0.2) is 0 Å². The van der Waals surface area contributed by atoms with Crippen molar-refractivity contribution in [3.63, 3.8) is 0 Å². The highest BCUT2D eigenvalue weighted by atomic mass is 15.1. The van der Waals surface area contributed by atoms with E-state index in [9.17, 15) is 0 Å². The third kappa shape index (κ3) is 4.77. The maximum absolute atomic E-state index is 2.37. The van der Waals surface area contributed by atoms with Gasteiger partial charge in [-0.1, -0.05) is 45.0 Å². The van der Waals surface area contributed by atoms with Crippen molar-refractivity contribution >= 4 is 11.4 Å². The molecule has 0 radical (unpaired) electrons. The summed E-state index contributed by atoms with van der Waals surface area (Å²) in [7, 11) is 6.36. The zero-order valence-electron chi connectivity index (χ0n) is 16.1. The lowest BCUT2D eigenvalue weighted by Gasteiger charge is -2.23. The molecule has 1 unspecified atom stereocenters. The van der Waals surface area contributed by atoms with Crippen LogP contribution in [0.3, 0.4) is 0 Å². The standard InChI is InChI=1S/C22H32N2/c1-17(2)20-8-7-9-22(16-20)24(6)15-14-18(3)19-10-12-21(13-11-19)23(4)5/h7-13,16-18H,14-15H2,1-6H3. The quantitative estimate of drug-likeness (QED) is 0.663. The van der Waals surface area contributed by atoms with Crippen LogP contribution in [0.2, 0.25) is 0 Å². The van der Waals surface area contributed by atoms with Crippen molar-refractivity contribution in [2.24, 2.45) is 0 Å². The van der Waals surface area contributed by atoms with Crippen molar-refractivity contribution in [1.29, 1.82) is 0 Å². The SMILES string of the molecule is CC(C)c1cccc(N(C)CCC(C)c2ccc(N(C)C)cc2)c1. The number of anilines is 2. The number of nitrogens with zero attached hydrogens (tertiary/aromatic N) is 2. The van der Waals surface area contributed by atoms with E-state index < -0.39 is 0 Å². The van der Waals surface area contributed by atoms with Gasteiger partial charge in [0.25, 0.3) is 0 Å². The number of rotatable bonds is 7. The highest BCUT2D eigenvalue weighted by Crippen LogP contribution is 2.25. The average Bonchev–Trinajstić information content (AvgIpc) is 2.59. The Balaban J connectivity index is 1.95. The van der Waals surface area contributed by atoms with Gasteiger partial charge in [-0.05, 0) is 53.6 Å². The molecule has 0 saturated heterocycles. The Hall–Kier alpha value is -1.96. The Labute approximate surface area is 148 Å². The van der Waals surface area contributed by atoms with Gasteiger partial charge < -0.3 is 9.80 Å². The van der Waals surface area contributed by atoms with Crippen LogP contribution >= 0.6 is 0 Å². The van der Waals surface area contributed by atoms with E-state index >= 15 is 0 Å². The molecule has 0 spiro atoms.